The third-order valence-electron chi connectivity index (χ3n) is 3.04. The second-order valence-electron chi connectivity index (χ2n) is 4.33. The fraction of sp³-hybridized carbons (Fsp3) is 0.143. The number of aromatic nitrogens is 3. The van der Waals surface area contributed by atoms with Crippen LogP contribution in [0.3, 0.4) is 0 Å². The van der Waals surface area contributed by atoms with Crippen LogP contribution in [0.25, 0.3) is 11.2 Å². The zero-order valence-electron chi connectivity index (χ0n) is 10.4. The molecule has 2 aromatic heterocycles. The largest absolute Gasteiger partial charge is 0.307 e. The summed E-state index contributed by atoms with van der Waals surface area (Å²) >= 11 is 5.86. The highest BCUT2D eigenvalue weighted by molar-refractivity contribution is 6.16. The molecule has 3 rings (SSSR count). The average Bonchev–Trinajstić information content (AvgIpc) is 2.81. The van der Waals surface area contributed by atoms with Crippen molar-refractivity contribution in [1.82, 2.24) is 14.5 Å². The van der Waals surface area contributed by atoms with Crippen molar-refractivity contribution in [2.45, 2.75) is 12.4 Å². The fourth-order valence-electron chi connectivity index (χ4n) is 2.11. The maximum atomic E-state index is 13.7. The molecule has 0 spiro atoms. The number of hydrogen-bond donors (Lipinski definition) is 0. The Morgan fingerprint density at radius 2 is 2.05 bits per heavy atom. The van der Waals surface area contributed by atoms with Crippen molar-refractivity contribution in [3.05, 3.63) is 59.6 Å². The Morgan fingerprint density at radius 3 is 2.85 bits per heavy atom. The van der Waals surface area contributed by atoms with E-state index >= 15 is 0 Å². The van der Waals surface area contributed by atoms with Crippen LogP contribution in [0.1, 0.15) is 11.4 Å². The van der Waals surface area contributed by atoms with Gasteiger partial charge >= 0.3 is 0 Å². The van der Waals surface area contributed by atoms with Gasteiger partial charge in [0.2, 0.25) is 0 Å². The van der Waals surface area contributed by atoms with E-state index in [0.29, 0.717) is 17.0 Å². The molecular formula is C14H10ClF2N3. The first-order valence-corrected chi connectivity index (χ1v) is 6.52. The number of benzene rings is 1. The van der Waals surface area contributed by atoms with Crippen LogP contribution in [0.5, 0.6) is 0 Å². The highest BCUT2D eigenvalue weighted by Crippen LogP contribution is 2.19. The number of hydrogen-bond acceptors (Lipinski definition) is 2. The third-order valence-corrected chi connectivity index (χ3v) is 3.28. The molecule has 0 aliphatic carbocycles. The number of rotatable bonds is 3. The molecule has 0 saturated carbocycles. The maximum absolute atomic E-state index is 13.7. The van der Waals surface area contributed by atoms with E-state index in [-0.39, 0.29) is 18.0 Å². The average molecular weight is 294 g/mol. The Hall–Kier alpha value is -2.01. The summed E-state index contributed by atoms with van der Waals surface area (Å²) in [7, 11) is 0. The van der Waals surface area contributed by atoms with Crippen molar-refractivity contribution >= 4 is 22.8 Å². The SMILES string of the molecule is Fc1ccc(F)c(Cn2c(CCl)nc3cccnc32)c1. The monoisotopic (exact) mass is 293 g/mol. The zero-order chi connectivity index (χ0) is 14.1. The summed E-state index contributed by atoms with van der Waals surface area (Å²) < 4.78 is 28.7. The lowest BCUT2D eigenvalue weighted by atomic mass is 10.2. The quantitative estimate of drug-likeness (QED) is 0.692. The second kappa shape index (κ2) is 5.17. The number of pyridine rings is 1. The lowest BCUT2D eigenvalue weighted by Gasteiger charge is -2.08. The number of halogens is 3. The van der Waals surface area contributed by atoms with Crippen molar-refractivity contribution in [3.63, 3.8) is 0 Å². The Labute approximate surface area is 118 Å². The van der Waals surface area contributed by atoms with Crippen LogP contribution in [0, 0.1) is 11.6 Å². The molecular weight excluding hydrogens is 284 g/mol. The predicted octanol–water partition coefficient (Wildman–Crippen LogP) is 3.50. The van der Waals surface area contributed by atoms with Gasteiger partial charge in [0.1, 0.15) is 23.0 Å². The molecule has 0 unspecified atom stereocenters. The molecule has 20 heavy (non-hydrogen) atoms. The minimum absolute atomic E-state index is 0.138. The van der Waals surface area contributed by atoms with Gasteiger partial charge in [0, 0.05) is 11.8 Å². The van der Waals surface area contributed by atoms with Crippen LogP contribution < -0.4 is 0 Å². The number of alkyl halides is 1. The Balaban J connectivity index is 2.12. The van der Waals surface area contributed by atoms with Gasteiger partial charge in [-0.05, 0) is 30.3 Å². The van der Waals surface area contributed by atoms with E-state index in [1.54, 1.807) is 22.9 Å². The summed E-state index contributed by atoms with van der Waals surface area (Å²) in [5.74, 6) is -0.201. The molecule has 0 fully saturated rings. The van der Waals surface area contributed by atoms with Crippen LogP contribution in [0.2, 0.25) is 0 Å². The Morgan fingerprint density at radius 1 is 1.20 bits per heavy atom. The van der Waals surface area contributed by atoms with E-state index in [0.717, 1.165) is 12.1 Å². The normalized spacial score (nSPS) is 11.2. The van der Waals surface area contributed by atoms with Gasteiger partial charge in [-0.15, -0.1) is 11.6 Å². The molecule has 0 bridgehead atoms. The van der Waals surface area contributed by atoms with Crippen molar-refractivity contribution in [2.24, 2.45) is 0 Å². The lowest BCUT2D eigenvalue weighted by Crippen LogP contribution is -2.06. The van der Waals surface area contributed by atoms with Crippen LogP contribution in [0.4, 0.5) is 8.78 Å². The molecule has 0 aliphatic heterocycles. The highest BCUT2D eigenvalue weighted by Gasteiger charge is 2.13. The van der Waals surface area contributed by atoms with E-state index < -0.39 is 11.6 Å². The number of imidazole rings is 1. The molecule has 6 heteroatoms. The molecule has 0 N–H and O–H groups in total. The summed E-state index contributed by atoms with van der Waals surface area (Å²) in [6.45, 7) is 0.138. The van der Waals surface area contributed by atoms with E-state index in [9.17, 15) is 8.78 Å². The Bertz CT molecular complexity index is 770. The van der Waals surface area contributed by atoms with Crippen LogP contribution in [-0.4, -0.2) is 14.5 Å². The van der Waals surface area contributed by atoms with Gasteiger partial charge in [0.25, 0.3) is 0 Å². The van der Waals surface area contributed by atoms with Gasteiger partial charge in [-0.25, -0.2) is 18.7 Å². The standard InChI is InChI=1S/C14H10ClF2N3/c15-7-13-19-12-2-1-5-18-14(12)20(13)8-9-6-10(16)3-4-11(9)17/h1-6H,7-8H2. The molecule has 0 saturated heterocycles. The molecule has 0 aliphatic rings. The molecule has 0 atom stereocenters. The van der Waals surface area contributed by atoms with Crippen LogP contribution in [0.15, 0.2) is 36.5 Å². The minimum Gasteiger partial charge on any atom is -0.307 e. The molecule has 0 amide bonds. The summed E-state index contributed by atoms with van der Waals surface area (Å²) in [4.78, 5) is 8.56. The first kappa shape index (κ1) is 13.0. The molecule has 3 aromatic rings. The molecule has 102 valence electrons. The Kier molecular flexibility index (Phi) is 3.36. The van der Waals surface area contributed by atoms with Crippen LogP contribution >= 0.6 is 11.6 Å². The van der Waals surface area contributed by atoms with Gasteiger partial charge in [-0.3, -0.25) is 0 Å². The summed E-state index contributed by atoms with van der Waals surface area (Å²) in [5, 5.41) is 0. The summed E-state index contributed by atoms with van der Waals surface area (Å²) in [6, 6.07) is 6.93. The second-order valence-corrected chi connectivity index (χ2v) is 4.60. The predicted molar refractivity (Wildman–Crippen MR) is 72.5 cm³/mol. The van der Waals surface area contributed by atoms with Gasteiger partial charge < -0.3 is 4.57 Å². The molecule has 3 nitrogen and oxygen atoms in total. The lowest BCUT2D eigenvalue weighted by molar-refractivity contribution is 0.576. The summed E-state index contributed by atoms with van der Waals surface area (Å²) in [5.41, 5.74) is 1.52. The zero-order valence-corrected chi connectivity index (χ0v) is 11.1. The van der Waals surface area contributed by atoms with Crippen molar-refractivity contribution in [3.8, 4) is 0 Å². The van der Waals surface area contributed by atoms with Crippen LogP contribution in [-0.2, 0) is 12.4 Å². The minimum atomic E-state index is -0.480. The smallest absolute Gasteiger partial charge is 0.160 e. The van der Waals surface area contributed by atoms with Gasteiger partial charge in [0.15, 0.2) is 5.65 Å². The molecule has 0 radical (unpaired) electrons. The van der Waals surface area contributed by atoms with Crippen molar-refractivity contribution in [2.75, 3.05) is 0 Å². The van der Waals surface area contributed by atoms with E-state index in [1.165, 1.54) is 6.07 Å². The highest BCUT2D eigenvalue weighted by atomic mass is 35.5. The topological polar surface area (TPSA) is 30.7 Å². The number of nitrogens with zero attached hydrogens (tertiary/aromatic N) is 3. The van der Waals surface area contributed by atoms with E-state index in [1.807, 2.05) is 0 Å². The van der Waals surface area contributed by atoms with E-state index in [4.69, 9.17) is 11.6 Å². The van der Waals surface area contributed by atoms with Crippen molar-refractivity contribution < 1.29 is 8.78 Å². The maximum Gasteiger partial charge on any atom is 0.160 e. The first-order chi connectivity index (χ1) is 9.69. The molecule has 1 aromatic carbocycles. The van der Waals surface area contributed by atoms with Crippen molar-refractivity contribution in [1.29, 1.82) is 0 Å². The van der Waals surface area contributed by atoms with E-state index in [2.05, 4.69) is 9.97 Å². The number of fused-ring (bicyclic) bond motifs is 1. The van der Waals surface area contributed by atoms with Gasteiger partial charge in [-0.2, -0.15) is 0 Å². The third kappa shape index (κ3) is 2.25. The molecule has 2 heterocycles. The van der Waals surface area contributed by atoms with Gasteiger partial charge in [-0.1, -0.05) is 0 Å². The fourth-order valence-corrected chi connectivity index (χ4v) is 2.31. The van der Waals surface area contributed by atoms with Gasteiger partial charge in [0.05, 0.1) is 12.4 Å². The first-order valence-electron chi connectivity index (χ1n) is 5.99. The summed E-state index contributed by atoms with van der Waals surface area (Å²) in [6.07, 6.45) is 1.63.